The zero-order chi connectivity index (χ0) is 15.8. The molecule has 21 heavy (non-hydrogen) atoms. The molecule has 1 aliphatic rings. The molecule has 0 radical (unpaired) electrons. The zero-order valence-electron chi connectivity index (χ0n) is 11.9. The lowest BCUT2D eigenvalue weighted by molar-refractivity contribution is -0.0228. The Balaban J connectivity index is 2.21. The molecule has 1 aliphatic heterocycles. The number of rotatable bonds is 4. The molecule has 8 heteroatoms. The van der Waals surface area contributed by atoms with Gasteiger partial charge >= 0.3 is 0 Å². The van der Waals surface area contributed by atoms with Crippen LogP contribution >= 0.6 is 11.6 Å². The Morgan fingerprint density at radius 1 is 1.57 bits per heavy atom. The van der Waals surface area contributed by atoms with Crippen LogP contribution in [-0.2, 0) is 14.8 Å². The van der Waals surface area contributed by atoms with E-state index in [-0.39, 0.29) is 16.5 Å². The molecule has 118 valence electrons. The minimum atomic E-state index is -3.86. The third-order valence-electron chi connectivity index (χ3n) is 3.84. The third kappa shape index (κ3) is 3.32. The van der Waals surface area contributed by atoms with E-state index in [4.69, 9.17) is 22.1 Å². The van der Waals surface area contributed by atoms with Crippen molar-refractivity contribution in [1.82, 2.24) is 4.72 Å². The molecule has 4 N–H and O–H groups in total. The summed E-state index contributed by atoms with van der Waals surface area (Å²) in [5, 5.41) is 10.4. The van der Waals surface area contributed by atoms with Crippen molar-refractivity contribution in [2.45, 2.75) is 36.9 Å². The minimum Gasteiger partial charge on any atom is -0.398 e. The first kappa shape index (κ1) is 16.5. The van der Waals surface area contributed by atoms with Gasteiger partial charge in [-0.1, -0.05) is 11.6 Å². The van der Waals surface area contributed by atoms with E-state index in [1.807, 2.05) is 0 Å². The summed E-state index contributed by atoms with van der Waals surface area (Å²) in [6.07, 6.45) is -0.0563. The highest BCUT2D eigenvalue weighted by Crippen LogP contribution is 2.28. The van der Waals surface area contributed by atoms with E-state index >= 15 is 0 Å². The Labute approximate surface area is 129 Å². The number of aryl methyl sites for hydroxylation is 1. The standard InChI is InChI=1S/C13H19ClN2O4S/c1-8-5-10(14)12(6-11(8)15)21(18,19)16-7-13(17)3-4-20-9(13)2/h5-6,9,16-17H,3-4,7,15H2,1-2H3. The Morgan fingerprint density at radius 3 is 2.81 bits per heavy atom. The fraction of sp³-hybridized carbons (Fsp3) is 0.538. The molecule has 6 nitrogen and oxygen atoms in total. The fourth-order valence-corrected chi connectivity index (χ4v) is 3.89. The maximum atomic E-state index is 12.3. The van der Waals surface area contributed by atoms with Crippen molar-refractivity contribution < 1.29 is 18.3 Å². The van der Waals surface area contributed by atoms with Gasteiger partial charge in [-0.15, -0.1) is 0 Å². The topological polar surface area (TPSA) is 102 Å². The van der Waals surface area contributed by atoms with Crippen molar-refractivity contribution in [3.63, 3.8) is 0 Å². The predicted molar refractivity (Wildman–Crippen MR) is 80.8 cm³/mol. The second-order valence-electron chi connectivity index (χ2n) is 5.33. The first-order valence-electron chi connectivity index (χ1n) is 6.55. The van der Waals surface area contributed by atoms with E-state index in [0.29, 0.717) is 24.3 Å². The number of anilines is 1. The Morgan fingerprint density at radius 2 is 2.24 bits per heavy atom. The van der Waals surface area contributed by atoms with Gasteiger partial charge in [0.1, 0.15) is 10.5 Å². The molecule has 0 spiro atoms. The highest BCUT2D eigenvalue weighted by Gasteiger charge is 2.40. The van der Waals surface area contributed by atoms with Crippen LogP contribution in [0, 0.1) is 6.92 Å². The van der Waals surface area contributed by atoms with Crippen molar-refractivity contribution in [2.75, 3.05) is 18.9 Å². The van der Waals surface area contributed by atoms with Crippen molar-refractivity contribution in [3.05, 3.63) is 22.7 Å². The Hall–Kier alpha value is -0.860. The SMILES string of the molecule is Cc1cc(Cl)c(S(=O)(=O)NCC2(O)CCOC2C)cc1N. The van der Waals surface area contributed by atoms with Crippen LogP contribution in [0.15, 0.2) is 17.0 Å². The lowest BCUT2D eigenvalue weighted by Gasteiger charge is -2.26. The third-order valence-corrected chi connectivity index (χ3v) is 5.70. The Bertz CT molecular complexity index is 650. The molecule has 0 amide bonds. The molecule has 0 saturated carbocycles. The molecule has 1 aromatic carbocycles. The predicted octanol–water partition coefficient (Wildman–Crippen LogP) is 1.05. The number of nitrogens with one attached hydrogen (secondary N) is 1. The minimum absolute atomic E-state index is 0.0944. The number of nitrogen functional groups attached to an aromatic ring is 1. The van der Waals surface area contributed by atoms with E-state index in [1.165, 1.54) is 12.1 Å². The van der Waals surface area contributed by atoms with Crippen LogP contribution in [0.2, 0.25) is 5.02 Å². The first-order chi connectivity index (χ1) is 9.66. The summed E-state index contributed by atoms with van der Waals surface area (Å²) < 4.78 is 32.3. The van der Waals surface area contributed by atoms with E-state index in [0.717, 1.165) is 0 Å². The fourth-order valence-electron chi connectivity index (χ4n) is 2.18. The summed E-state index contributed by atoms with van der Waals surface area (Å²) in [6.45, 7) is 3.71. The second kappa shape index (κ2) is 5.73. The maximum Gasteiger partial charge on any atom is 0.242 e. The van der Waals surface area contributed by atoms with Crippen molar-refractivity contribution in [1.29, 1.82) is 0 Å². The summed E-state index contributed by atoms with van der Waals surface area (Å²) in [7, 11) is -3.86. The van der Waals surface area contributed by atoms with E-state index in [9.17, 15) is 13.5 Å². The van der Waals surface area contributed by atoms with Gasteiger partial charge in [0.05, 0.1) is 11.1 Å². The molecule has 0 aromatic heterocycles. The number of hydrogen-bond acceptors (Lipinski definition) is 5. The van der Waals surface area contributed by atoms with Crippen LogP contribution in [0.5, 0.6) is 0 Å². The number of halogens is 1. The molecule has 1 fully saturated rings. The summed E-state index contributed by atoms with van der Waals surface area (Å²) in [5.41, 5.74) is 5.57. The number of aliphatic hydroxyl groups is 1. The highest BCUT2D eigenvalue weighted by atomic mass is 35.5. The molecule has 2 atom stereocenters. The van der Waals surface area contributed by atoms with Crippen LogP contribution < -0.4 is 10.5 Å². The van der Waals surface area contributed by atoms with Crippen LogP contribution in [0.25, 0.3) is 0 Å². The molecule has 2 unspecified atom stereocenters. The van der Waals surface area contributed by atoms with E-state index in [1.54, 1.807) is 13.8 Å². The van der Waals surface area contributed by atoms with Gasteiger partial charge in [-0.05, 0) is 31.5 Å². The monoisotopic (exact) mass is 334 g/mol. The van der Waals surface area contributed by atoms with Gasteiger partial charge < -0.3 is 15.6 Å². The van der Waals surface area contributed by atoms with Crippen LogP contribution in [-0.4, -0.2) is 38.4 Å². The molecular weight excluding hydrogens is 316 g/mol. The van der Waals surface area contributed by atoms with Gasteiger partial charge in [0, 0.05) is 25.3 Å². The molecular formula is C13H19ClN2O4S. The quantitative estimate of drug-likeness (QED) is 0.714. The average Bonchev–Trinajstić information content (AvgIpc) is 2.72. The van der Waals surface area contributed by atoms with Crippen LogP contribution in [0.3, 0.4) is 0 Å². The van der Waals surface area contributed by atoms with Gasteiger partial charge in [-0.2, -0.15) is 0 Å². The molecule has 0 aliphatic carbocycles. The number of nitrogens with two attached hydrogens (primary N) is 1. The molecule has 2 rings (SSSR count). The highest BCUT2D eigenvalue weighted by molar-refractivity contribution is 7.89. The lowest BCUT2D eigenvalue weighted by Crippen LogP contribution is -2.47. The van der Waals surface area contributed by atoms with Crippen LogP contribution in [0.4, 0.5) is 5.69 Å². The van der Waals surface area contributed by atoms with E-state index in [2.05, 4.69) is 4.72 Å². The second-order valence-corrected chi connectivity index (χ2v) is 7.47. The largest absolute Gasteiger partial charge is 0.398 e. The van der Waals surface area contributed by atoms with Gasteiger partial charge in [0.2, 0.25) is 10.0 Å². The van der Waals surface area contributed by atoms with Gasteiger partial charge in [0.25, 0.3) is 0 Å². The summed E-state index contributed by atoms with van der Waals surface area (Å²) >= 11 is 5.98. The number of benzene rings is 1. The summed E-state index contributed by atoms with van der Waals surface area (Å²) in [6, 6.07) is 2.82. The number of sulfonamides is 1. The van der Waals surface area contributed by atoms with Gasteiger partial charge in [-0.25, -0.2) is 13.1 Å². The lowest BCUT2D eigenvalue weighted by atomic mass is 9.97. The van der Waals surface area contributed by atoms with Gasteiger partial charge in [-0.3, -0.25) is 0 Å². The van der Waals surface area contributed by atoms with Crippen molar-refractivity contribution >= 4 is 27.3 Å². The zero-order valence-corrected chi connectivity index (χ0v) is 13.5. The molecule has 1 saturated heterocycles. The van der Waals surface area contributed by atoms with E-state index < -0.39 is 21.7 Å². The smallest absolute Gasteiger partial charge is 0.242 e. The van der Waals surface area contributed by atoms with Gasteiger partial charge in [0.15, 0.2) is 0 Å². The number of ether oxygens (including phenoxy) is 1. The Kier molecular flexibility index (Phi) is 4.51. The first-order valence-corrected chi connectivity index (χ1v) is 8.41. The maximum absolute atomic E-state index is 12.3. The van der Waals surface area contributed by atoms with Crippen molar-refractivity contribution in [3.8, 4) is 0 Å². The average molecular weight is 335 g/mol. The van der Waals surface area contributed by atoms with Crippen molar-refractivity contribution in [2.24, 2.45) is 0 Å². The number of hydrogen-bond donors (Lipinski definition) is 3. The molecule has 1 heterocycles. The normalized spacial score (nSPS) is 26.2. The molecule has 0 bridgehead atoms. The summed E-state index contributed by atoms with van der Waals surface area (Å²) in [4.78, 5) is -0.0950. The molecule has 1 aromatic rings. The summed E-state index contributed by atoms with van der Waals surface area (Å²) in [5.74, 6) is 0. The van der Waals surface area contributed by atoms with Crippen LogP contribution in [0.1, 0.15) is 18.9 Å².